The summed E-state index contributed by atoms with van der Waals surface area (Å²) in [6.07, 6.45) is -4.01. The number of aromatic nitrogens is 2. The van der Waals surface area contributed by atoms with E-state index in [4.69, 9.17) is 10.8 Å². The first-order chi connectivity index (χ1) is 8.79. The van der Waals surface area contributed by atoms with Crippen molar-refractivity contribution in [3.05, 3.63) is 41.7 Å². The lowest BCUT2D eigenvalue weighted by Gasteiger charge is -2.03. The smallest absolute Gasteiger partial charge is 0.436 e. The van der Waals surface area contributed by atoms with Crippen molar-refractivity contribution in [2.45, 2.75) is 6.18 Å². The van der Waals surface area contributed by atoms with Crippen molar-refractivity contribution in [2.75, 3.05) is 5.73 Å². The van der Waals surface area contributed by atoms with E-state index in [1.54, 1.807) is 0 Å². The minimum absolute atomic E-state index is 0.284. The van der Waals surface area contributed by atoms with Gasteiger partial charge in [0.2, 0.25) is 0 Å². The number of anilines is 1. The van der Waals surface area contributed by atoms with Crippen molar-refractivity contribution in [2.24, 2.45) is 0 Å². The molecule has 0 bridgehead atoms. The Balaban J connectivity index is 2.55. The average Bonchev–Trinajstić information content (AvgIpc) is 2.74. The topological polar surface area (TPSA) is 81.1 Å². The van der Waals surface area contributed by atoms with Gasteiger partial charge in [-0.05, 0) is 24.3 Å². The SMILES string of the molecule is Nc1ccc(-n2cc(C(=O)O)c(C(F)(F)F)n2)cc1. The monoisotopic (exact) mass is 271 g/mol. The first kappa shape index (κ1) is 12.9. The molecule has 3 N–H and O–H groups in total. The molecule has 1 aromatic carbocycles. The second kappa shape index (κ2) is 4.30. The Morgan fingerprint density at radius 1 is 1.26 bits per heavy atom. The summed E-state index contributed by atoms with van der Waals surface area (Å²) in [6, 6.07) is 5.83. The molecule has 0 amide bonds. The fraction of sp³-hybridized carbons (Fsp3) is 0.0909. The number of rotatable bonds is 2. The van der Waals surface area contributed by atoms with E-state index in [1.807, 2.05) is 0 Å². The highest BCUT2D eigenvalue weighted by molar-refractivity contribution is 5.89. The van der Waals surface area contributed by atoms with Gasteiger partial charge < -0.3 is 10.8 Å². The molecule has 5 nitrogen and oxygen atoms in total. The number of hydrogen-bond donors (Lipinski definition) is 2. The maximum Gasteiger partial charge on any atom is 0.436 e. The first-order valence-corrected chi connectivity index (χ1v) is 5.05. The molecule has 0 aliphatic rings. The highest BCUT2D eigenvalue weighted by atomic mass is 19.4. The number of carbonyl (C=O) groups is 1. The molecule has 1 aromatic heterocycles. The summed E-state index contributed by atoms with van der Waals surface area (Å²) in [5.41, 5.74) is 3.84. The second-order valence-electron chi connectivity index (χ2n) is 3.73. The summed E-state index contributed by atoms with van der Waals surface area (Å²) < 4.78 is 38.8. The van der Waals surface area contributed by atoms with Gasteiger partial charge in [-0.1, -0.05) is 0 Å². The molecule has 2 aromatic rings. The fourth-order valence-corrected chi connectivity index (χ4v) is 1.50. The number of nitrogens with two attached hydrogens (primary N) is 1. The molecule has 2 rings (SSSR count). The van der Waals surface area contributed by atoms with Gasteiger partial charge in [-0.25, -0.2) is 9.48 Å². The third-order valence-electron chi connectivity index (χ3n) is 2.37. The Morgan fingerprint density at radius 2 is 1.84 bits per heavy atom. The Labute approximate surface area is 105 Å². The number of nitrogens with zero attached hydrogens (tertiary/aromatic N) is 2. The van der Waals surface area contributed by atoms with Crippen LogP contribution in [0.1, 0.15) is 16.1 Å². The summed E-state index contributed by atoms with van der Waals surface area (Å²) in [5, 5.41) is 12.0. The molecule has 0 saturated carbocycles. The number of benzene rings is 1. The molecule has 0 radical (unpaired) electrons. The molecule has 8 heteroatoms. The van der Waals surface area contributed by atoms with E-state index in [1.165, 1.54) is 24.3 Å². The number of alkyl halides is 3. The molecule has 0 aliphatic heterocycles. The molecule has 0 spiro atoms. The van der Waals surface area contributed by atoms with Crippen LogP contribution in [0.3, 0.4) is 0 Å². The van der Waals surface area contributed by atoms with Crippen LogP contribution in [0.5, 0.6) is 0 Å². The zero-order chi connectivity index (χ0) is 14.2. The quantitative estimate of drug-likeness (QED) is 0.820. The van der Waals surface area contributed by atoms with E-state index in [2.05, 4.69) is 5.10 Å². The average molecular weight is 271 g/mol. The summed E-state index contributed by atoms with van der Waals surface area (Å²) >= 11 is 0. The highest BCUT2D eigenvalue weighted by Gasteiger charge is 2.39. The molecule has 100 valence electrons. The number of hydrogen-bond acceptors (Lipinski definition) is 3. The molecule has 1 heterocycles. The van der Waals surface area contributed by atoms with Crippen LogP contribution in [-0.4, -0.2) is 20.9 Å². The van der Waals surface area contributed by atoms with Gasteiger partial charge in [0.15, 0.2) is 5.69 Å². The minimum Gasteiger partial charge on any atom is -0.478 e. The van der Waals surface area contributed by atoms with E-state index in [0.29, 0.717) is 5.69 Å². The van der Waals surface area contributed by atoms with Gasteiger partial charge in [0, 0.05) is 11.9 Å². The largest absolute Gasteiger partial charge is 0.478 e. The third kappa shape index (κ3) is 2.51. The van der Waals surface area contributed by atoms with Crippen LogP contribution in [0.15, 0.2) is 30.5 Å². The molecular weight excluding hydrogens is 263 g/mol. The van der Waals surface area contributed by atoms with Crippen LogP contribution in [-0.2, 0) is 6.18 Å². The number of aromatic carboxylic acids is 1. The lowest BCUT2D eigenvalue weighted by atomic mass is 10.2. The second-order valence-corrected chi connectivity index (χ2v) is 3.73. The summed E-state index contributed by atoms with van der Waals surface area (Å²) in [6.45, 7) is 0. The van der Waals surface area contributed by atoms with Crippen molar-refractivity contribution in [1.82, 2.24) is 9.78 Å². The van der Waals surface area contributed by atoms with Crippen LogP contribution in [0.25, 0.3) is 5.69 Å². The number of carboxylic acids is 1. The van der Waals surface area contributed by atoms with Gasteiger partial charge in [0.1, 0.15) is 5.56 Å². The van der Waals surface area contributed by atoms with Crippen LogP contribution >= 0.6 is 0 Å². The van der Waals surface area contributed by atoms with Gasteiger partial charge in [-0.3, -0.25) is 0 Å². The Morgan fingerprint density at radius 3 is 2.26 bits per heavy atom. The standard InChI is InChI=1S/C11H8F3N3O2/c12-11(13,14)9-8(10(18)19)5-17(16-9)7-3-1-6(15)2-4-7/h1-5H,15H2,(H,18,19). The minimum atomic E-state index is -4.83. The van der Waals surface area contributed by atoms with Crippen molar-refractivity contribution in [1.29, 1.82) is 0 Å². The number of carboxylic acid groups (broad SMARTS) is 1. The lowest BCUT2D eigenvalue weighted by Crippen LogP contribution is -2.12. The van der Waals surface area contributed by atoms with Crippen LogP contribution in [0, 0.1) is 0 Å². The molecule has 19 heavy (non-hydrogen) atoms. The molecular formula is C11H8F3N3O2. The zero-order valence-electron chi connectivity index (χ0n) is 9.35. The Kier molecular flexibility index (Phi) is 2.93. The van der Waals surface area contributed by atoms with Crippen molar-refractivity contribution >= 4 is 11.7 Å². The zero-order valence-corrected chi connectivity index (χ0v) is 9.35. The molecule has 0 saturated heterocycles. The molecule has 0 aliphatic carbocycles. The van der Waals surface area contributed by atoms with Crippen molar-refractivity contribution in [3.63, 3.8) is 0 Å². The van der Waals surface area contributed by atoms with Crippen molar-refractivity contribution in [3.8, 4) is 5.69 Å². The van der Waals surface area contributed by atoms with Gasteiger partial charge in [-0.15, -0.1) is 0 Å². The van der Waals surface area contributed by atoms with Gasteiger partial charge in [0.25, 0.3) is 0 Å². The van der Waals surface area contributed by atoms with E-state index in [9.17, 15) is 18.0 Å². The Hall–Kier alpha value is -2.51. The summed E-state index contributed by atoms with van der Waals surface area (Å²) in [4.78, 5) is 10.8. The predicted octanol–water partition coefficient (Wildman–Crippen LogP) is 2.17. The van der Waals surface area contributed by atoms with Gasteiger partial charge >= 0.3 is 12.1 Å². The number of nitrogen functional groups attached to an aromatic ring is 1. The van der Waals surface area contributed by atoms with Gasteiger partial charge in [-0.2, -0.15) is 18.3 Å². The van der Waals surface area contributed by atoms with E-state index < -0.39 is 23.4 Å². The molecule has 0 atom stereocenters. The van der Waals surface area contributed by atoms with E-state index in [-0.39, 0.29) is 5.69 Å². The normalized spacial score (nSPS) is 11.5. The van der Waals surface area contributed by atoms with Gasteiger partial charge in [0.05, 0.1) is 5.69 Å². The maximum atomic E-state index is 12.6. The van der Waals surface area contributed by atoms with E-state index in [0.717, 1.165) is 10.9 Å². The van der Waals surface area contributed by atoms with Crippen LogP contribution in [0.2, 0.25) is 0 Å². The fourth-order valence-electron chi connectivity index (χ4n) is 1.50. The summed E-state index contributed by atoms with van der Waals surface area (Å²) in [7, 11) is 0. The van der Waals surface area contributed by atoms with E-state index >= 15 is 0 Å². The van der Waals surface area contributed by atoms with Crippen LogP contribution in [0.4, 0.5) is 18.9 Å². The number of halogens is 3. The lowest BCUT2D eigenvalue weighted by molar-refractivity contribution is -0.141. The third-order valence-corrected chi connectivity index (χ3v) is 2.37. The maximum absolute atomic E-state index is 12.6. The molecule has 0 fully saturated rings. The Bertz CT molecular complexity index is 617. The highest BCUT2D eigenvalue weighted by Crippen LogP contribution is 2.31. The van der Waals surface area contributed by atoms with Crippen molar-refractivity contribution < 1.29 is 23.1 Å². The first-order valence-electron chi connectivity index (χ1n) is 5.05. The predicted molar refractivity (Wildman–Crippen MR) is 59.9 cm³/mol. The summed E-state index contributed by atoms with van der Waals surface area (Å²) in [5.74, 6) is -1.69. The van der Waals surface area contributed by atoms with Crippen LogP contribution < -0.4 is 5.73 Å². The molecule has 0 unspecified atom stereocenters.